The Kier molecular flexibility index (Phi) is 3.36. The maximum Gasteiger partial charge on any atom is 0.310 e. The van der Waals surface area contributed by atoms with Gasteiger partial charge in [-0.2, -0.15) is 0 Å². The van der Waals surface area contributed by atoms with E-state index in [4.69, 9.17) is 20.8 Å². The highest BCUT2D eigenvalue weighted by molar-refractivity contribution is 6.31. The number of carbonyl (C=O) groups is 1. The van der Waals surface area contributed by atoms with Gasteiger partial charge in [-0.15, -0.1) is 0 Å². The van der Waals surface area contributed by atoms with Crippen molar-refractivity contribution in [2.75, 3.05) is 6.61 Å². The summed E-state index contributed by atoms with van der Waals surface area (Å²) in [5, 5.41) is 2.54. The molecule has 0 aliphatic heterocycles. The molecule has 0 radical (unpaired) electrons. The van der Waals surface area contributed by atoms with Crippen molar-refractivity contribution in [1.82, 2.24) is 0 Å². The van der Waals surface area contributed by atoms with Crippen LogP contribution in [0.4, 0.5) is 0 Å². The predicted molar refractivity (Wildman–Crippen MR) is 79.1 cm³/mol. The Morgan fingerprint density at radius 2 is 2.10 bits per heavy atom. The molecule has 3 aromatic rings. The van der Waals surface area contributed by atoms with Gasteiger partial charge in [0.1, 0.15) is 11.2 Å². The summed E-state index contributed by atoms with van der Waals surface area (Å²) in [5.74, 6) is -0.233. The van der Waals surface area contributed by atoms with Gasteiger partial charge in [-0.05, 0) is 30.7 Å². The smallest absolute Gasteiger partial charge is 0.310 e. The first-order chi connectivity index (χ1) is 9.69. The molecule has 0 unspecified atom stereocenters. The first kappa shape index (κ1) is 13.0. The molecule has 0 aliphatic rings. The first-order valence-corrected chi connectivity index (χ1v) is 6.82. The number of halogens is 1. The lowest BCUT2D eigenvalue weighted by atomic mass is 10.0. The van der Waals surface area contributed by atoms with Gasteiger partial charge in [-0.1, -0.05) is 23.7 Å². The molecule has 20 heavy (non-hydrogen) atoms. The molecule has 0 N–H and O–H groups in total. The van der Waals surface area contributed by atoms with Gasteiger partial charge in [0.25, 0.3) is 0 Å². The molecule has 0 saturated heterocycles. The quantitative estimate of drug-likeness (QED) is 0.673. The van der Waals surface area contributed by atoms with Crippen LogP contribution < -0.4 is 0 Å². The number of ether oxygens (including phenoxy) is 1. The fraction of sp³-hybridized carbons (Fsp3) is 0.188. The minimum atomic E-state index is -0.233. The van der Waals surface area contributed by atoms with Crippen LogP contribution in [0.3, 0.4) is 0 Å². The van der Waals surface area contributed by atoms with Crippen molar-refractivity contribution in [3.63, 3.8) is 0 Å². The van der Waals surface area contributed by atoms with Crippen molar-refractivity contribution in [2.24, 2.45) is 0 Å². The van der Waals surface area contributed by atoms with Crippen molar-refractivity contribution in [3.05, 3.63) is 47.0 Å². The Hall–Kier alpha value is -2.00. The van der Waals surface area contributed by atoms with Gasteiger partial charge in [0.05, 0.1) is 13.0 Å². The molecule has 1 heterocycles. The molecule has 0 atom stereocenters. The fourth-order valence-electron chi connectivity index (χ4n) is 2.39. The van der Waals surface area contributed by atoms with E-state index in [0.717, 1.165) is 27.5 Å². The lowest BCUT2D eigenvalue weighted by Gasteiger charge is -2.03. The predicted octanol–water partition coefficient (Wildman–Crippen LogP) is 4.35. The van der Waals surface area contributed by atoms with E-state index in [1.54, 1.807) is 13.0 Å². The van der Waals surface area contributed by atoms with Crippen LogP contribution in [0.25, 0.3) is 21.9 Å². The largest absolute Gasteiger partial charge is 0.466 e. The van der Waals surface area contributed by atoms with E-state index in [0.29, 0.717) is 11.6 Å². The third kappa shape index (κ3) is 2.25. The second-order valence-electron chi connectivity index (χ2n) is 4.51. The summed E-state index contributed by atoms with van der Waals surface area (Å²) < 4.78 is 10.8. The zero-order valence-electron chi connectivity index (χ0n) is 11.0. The fourth-order valence-corrected chi connectivity index (χ4v) is 2.55. The molecule has 0 spiro atoms. The zero-order valence-corrected chi connectivity index (χ0v) is 11.7. The van der Waals surface area contributed by atoms with Gasteiger partial charge in [-0.25, -0.2) is 0 Å². The number of esters is 1. The number of benzene rings is 2. The minimum absolute atomic E-state index is 0.233. The number of carbonyl (C=O) groups excluding carboxylic acids is 1. The monoisotopic (exact) mass is 288 g/mol. The molecular formula is C16H13ClO3. The number of hydrogen-bond donors (Lipinski definition) is 0. The summed E-state index contributed by atoms with van der Waals surface area (Å²) in [5.41, 5.74) is 2.38. The van der Waals surface area contributed by atoms with Crippen LogP contribution in [-0.4, -0.2) is 12.6 Å². The van der Waals surface area contributed by atoms with Crippen LogP contribution in [0.1, 0.15) is 12.5 Å². The molecule has 0 fully saturated rings. The second-order valence-corrected chi connectivity index (χ2v) is 4.95. The summed E-state index contributed by atoms with van der Waals surface area (Å²) in [6.45, 7) is 2.18. The second kappa shape index (κ2) is 5.17. The van der Waals surface area contributed by atoms with Crippen molar-refractivity contribution < 1.29 is 13.9 Å². The van der Waals surface area contributed by atoms with Crippen LogP contribution in [0, 0.1) is 0 Å². The molecule has 2 aromatic carbocycles. The molecule has 3 nitrogen and oxygen atoms in total. The molecule has 0 saturated carbocycles. The third-order valence-corrected chi connectivity index (χ3v) is 3.42. The van der Waals surface area contributed by atoms with Gasteiger partial charge in [0.2, 0.25) is 0 Å². The summed E-state index contributed by atoms with van der Waals surface area (Å²) in [7, 11) is 0. The molecule has 102 valence electrons. The van der Waals surface area contributed by atoms with E-state index in [9.17, 15) is 4.79 Å². The number of rotatable bonds is 3. The van der Waals surface area contributed by atoms with Gasteiger partial charge < -0.3 is 9.15 Å². The summed E-state index contributed by atoms with van der Waals surface area (Å²) in [6, 6.07) is 11.2. The molecule has 0 amide bonds. The molecule has 4 heteroatoms. The molecular weight excluding hydrogens is 276 g/mol. The highest BCUT2D eigenvalue weighted by Gasteiger charge is 2.14. The van der Waals surface area contributed by atoms with Crippen LogP contribution >= 0.6 is 11.6 Å². The highest BCUT2D eigenvalue weighted by Crippen LogP contribution is 2.33. The van der Waals surface area contributed by atoms with Crippen molar-refractivity contribution in [1.29, 1.82) is 0 Å². The van der Waals surface area contributed by atoms with E-state index in [1.807, 2.05) is 30.3 Å². The zero-order chi connectivity index (χ0) is 14.1. The number of hydrogen-bond acceptors (Lipinski definition) is 3. The highest BCUT2D eigenvalue weighted by atomic mass is 35.5. The van der Waals surface area contributed by atoms with Gasteiger partial charge in [0.15, 0.2) is 0 Å². The van der Waals surface area contributed by atoms with Gasteiger partial charge >= 0.3 is 5.97 Å². The van der Waals surface area contributed by atoms with Crippen LogP contribution in [-0.2, 0) is 16.0 Å². The lowest BCUT2D eigenvalue weighted by Crippen LogP contribution is -2.07. The number of furan rings is 1. The van der Waals surface area contributed by atoms with Crippen LogP contribution in [0.2, 0.25) is 5.02 Å². The SMILES string of the molecule is CCOC(=O)Cc1cccc2oc3cc(Cl)ccc3c12. The Balaban J connectivity index is 2.17. The van der Waals surface area contributed by atoms with Gasteiger partial charge in [0, 0.05) is 21.9 Å². The molecule has 0 bridgehead atoms. The summed E-state index contributed by atoms with van der Waals surface area (Å²) in [6.07, 6.45) is 0.239. The van der Waals surface area contributed by atoms with E-state index < -0.39 is 0 Å². The summed E-state index contributed by atoms with van der Waals surface area (Å²) >= 11 is 5.98. The Labute approximate surface area is 121 Å². The van der Waals surface area contributed by atoms with E-state index in [2.05, 4.69) is 0 Å². The van der Waals surface area contributed by atoms with Gasteiger partial charge in [-0.3, -0.25) is 4.79 Å². The van der Waals surface area contributed by atoms with Crippen molar-refractivity contribution >= 4 is 39.5 Å². The van der Waals surface area contributed by atoms with Crippen molar-refractivity contribution in [3.8, 4) is 0 Å². The number of fused-ring (bicyclic) bond motifs is 3. The Morgan fingerprint density at radius 1 is 1.25 bits per heavy atom. The normalized spacial score (nSPS) is 11.1. The van der Waals surface area contributed by atoms with E-state index in [1.165, 1.54) is 0 Å². The van der Waals surface area contributed by atoms with Crippen LogP contribution in [0.15, 0.2) is 40.8 Å². The molecule has 3 rings (SSSR count). The average Bonchev–Trinajstić information content (AvgIpc) is 2.77. The Morgan fingerprint density at radius 3 is 2.90 bits per heavy atom. The molecule has 1 aromatic heterocycles. The Bertz CT molecular complexity index is 789. The topological polar surface area (TPSA) is 39.4 Å². The first-order valence-electron chi connectivity index (χ1n) is 6.44. The van der Waals surface area contributed by atoms with E-state index >= 15 is 0 Å². The maximum absolute atomic E-state index is 11.7. The lowest BCUT2D eigenvalue weighted by molar-refractivity contribution is -0.142. The average molecular weight is 289 g/mol. The third-order valence-electron chi connectivity index (χ3n) is 3.19. The van der Waals surface area contributed by atoms with Crippen molar-refractivity contribution in [2.45, 2.75) is 13.3 Å². The van der Waals surface area contributed by atoms with E-state index in [-0.39, 0.29) is 12.4 Å². The van der Waals surface area contributed by atoms with Crippen LogP contribution in [0.5, 0.6) is 0 Å². The summed E-state index contributed by atoms with van der Waals surface area (Å²) in [4.78, 5) is 11.7. The maximum atomic E-state index is 11.7. The standard InChI is InChI=1S/C16H13ClO3/c1-2-19-15(18)8-10-4-3-5-13-16(10)12-7-6-11(17)9-14(12)20-13/h3-7,9H,2,8H2,1H3. The minimum Gasteiger partial charge on any atom is -0.466 e. The molecule has 0 aliphatic carbocycles.